The molecule has 3 nitrogen and oxygen atoms in total. The lowest BCUT2D eigenvalue weighted by atomic mass is 10.1. The maximum Gasteiger partial charge on any atom is 0.226 e. The number of hydrogen-bond acceptors (Lipinski definition) is 2. The number of carbonyl (C=O) groups is 1. The molecular weight excluding hydrogens is 195 g/mol. The van der Waals surface area contributed by atoms with Crippen LogP contribution in [0.2, 0.25) is 0 Å². The molecule has 0 aromatic heterocycles. The first-order valence-electron chi connectivity index (χ1n) is 4.99. The molecule has 0 saturated carbocycles. The number of benzene rings is 1. The molecule has 15 heavy (non-hydrogen) atoms. The normalized spacial score (nSPS) is 16.4. The average Bonchev–Trinajstić information content (AvgIpc) is 2.23. The van der Waals surface area contributed by atoms with Crippen molar-refractivity contribution in [3.63, 3.8) is 0 Å². The van der Waals surface area contributed by atoms with E-state index in [0.29, 0.717) is 24.3 Å². The van der Waals surface area contributed by atoms with E-state index in [0.717, 1.165) is 6.42 Å². The number of halogens is 1. The monoisotopic (exact) mass is 208 g/mol. The summed E-state index contributed by atoms with van der Waals surface area (Å²) in [7, 11) is 1.67. The van der Waals surface area contributed by atoms with Gasteiger partial charge in [-0.3, -0.25) is 4.79 Å². The van der Waals surface area contributed by atoms with Crippen LogP contribution in [0, 0.1) is 5.82 Å². The predicted molar refractivity (Wildman–Crippen MR) is 57.5 cm³/mol. The highest BCUT2D eigenvalue weighted by Crippen LogP contribution is 2.29. The van der Waals surface area contributed by atoms with E-state index in [4.69, 9.17) is 0 Å². The lowest BCUT2D eigenvalue weighted by Crippen LogP contribution is -2.29. The number of rotatable bonds is 0. The highest BCUT2D eigenvalue weighted by atomic mass is 19.1. The molecule has 0 fully saturated rings. The molecule has 0 unspecified atom stereocenters. The van der Waals surface area contributed by atoms with E-state index in [1.54, 1.807) is 19.2 Å². The van der Waals surface area contributed by atoms with E-state index >= 15 is 0 Å². The molecule has 1 aliphatic rings. The summed E-state index contributed by atoms with van der Waals surface area (Å²) in [6.45, 7) is 0.632. The fourth-order valence-corrected chi connectivity index (χ4v) is 1.72. The molecule has 1 N–H and O–H groups in total. The van der Waals surface area contributed by atoms with Crippen LogP contribution >= 0.6 is 0 Å². The molecule has 1 aromatic rings. The van der Waals surface area contributed by atoms with Gasteiger partial charge in [0.15, 0.2) is 0 Å². The minimum Gasteiger partial charge on any atom is -0.381 e. The summed E-state index contributed by atoms with van der Waals surface area (Å²) < 4.78 is 13.5. The first-order valence-corrected chi connectivity index (χ1v) is 4.99. The number of nitrogens with zero attached hydrogens (tertiary/aromatic N) is 1. The number of fused-ring (bicyclic) bond motifs is 1. The van der Waals surface area contributed by atoms with Gasteiger partial charge < -0.3 is 10.2 Å². The van der Waals surface area contributed by atoms with Gasteiger partial charge in [-0.2, -0.15) is 0 Å². The zero-order valence-electron chi connectivity index (χ0n) is 8.59. The second-order valence-corrected chi connectivity index (χ2v) is 3.62. The minimum atomic E-state index is -0.311. The molecule has 80 valence electrons. The molecule has 1 aliphatic heterocycles. The number of nitrogens with one attached hydrogen (secondary N) is 1. The number of hydrogen-bond donors (Lipinski definition) is 1. The van der Waals surface area contributed by atoms with Crippen molar-refractivity contribution >= 4 is 17.3 Å². The highest BCUT2D eigenvalue weighted by Gasteiger charge is 2.18. The topological polar surface area (TPSA) is 32.3 Å². The summed E-state index contributed by atoms with van der Waals surface area (Å²) in [5.74, 6) is -0.280. The van der Waals surface area contributed by atoms with Crippen molar-refractivity contribution in [1.82, 2.24) is 0 Å². The van der Waals surface area contributed by atoms with Crippen molar-refractivity contribution < 1.29 is 9.18 Å². The summed E-state index contributed by atoms with van der Waals surface area (Å²) in [4.78, 5) is 13.1. The molecule has 1 amide bonds. The van der Waals surface area contributed by atoms with E-state index in [1.807, 2.05) is 0 Å². The minimum absolute atomic E-state index is 0.0309. The largest absolute Gasteiger partial charge is 0.381 e. The molecule has 0 radical (unpaired) electrons. The summed E-state index contributed by atoms with van der Waals surface area (Å²) in [5, 5.41) is 3.02. The van der Waals surface area contributed by atoms with Gasteiger partial charge in [0, 0.05) is 20.0 Å². The van der Waals surface area contributed by atoms with Gasteiger partial charge in [0.05, 0.1) is 11.4 Å². The molecule has 0 aliphatic carbocycles. The van der Waals surface area contributed by atoms with Crippen molar-refractivity contribution in [3.05, 3.63) is 24.0 Å². The van der Waals surface area contributed by atoms with E-state index < -0.39 is 0 Å². The number of para-hydroxylation sites is 1. The predicted octanol–water partition coefficient (Wildman–Crippen LogP) is 1.99. The number of carbonyl (C=O) groups excluding carboxylic acids is 1. The van der Waals surface area contributed by atoms with Gasteiger partial charge in [-0.15, -0.1) is 0 Å². The lowest BCUT2D eigenvalue weighted by molar-refractivity contribution is -0.118. The Hall–Kier alpha value is -1.58. The number of amides is 1. The van der Waals surface area contributed by atoms with Crippen molar-refractivity contribution in [1.29, 1.82) is 0 Å². The zero-order chi connectivity index (χ0) is 10.8. The van der Waals surface area contributed by atoms with E-state index in [-0.39, 0.29) is 11.7 Å². The average molecular weight is 208 g/mol. The molecule has 0 bridgehead atoms. The maximum atomic E-state index is 13.5. The highest BCUT2D eigenvalue weighted by molar-refractivity contribution is 5.96. The standard InChI is InChI=1S/C11H13FN2O/c1-14-9-5-2-4-8(12)11(9)13-7-3-6-10(14)15/h2,4-5,13H,3,6-7H2,1H3. The first-order chi connectivity index (χ1) is 7.20. The maximum absolute atomic E-state index is 13.5. The van der Waals surface area contributed by atoms with Gasteiger partial charge in [-0.25, -0.2) is 4.39 Å². The van der Waals surface area contributed by atoms with E-state index in [9.17, 15) is 9.18 Å². The molecule has 0 saturated heterocycles. The smallest absolute Gasteiger partial charge is 0.226 e. The molecular formula is C11H13FN2O. The van der Waals surface area contributed by atoms with Gasteiger partial charge in [-0.1, -0.05) is 6.07 Å². The van der Waals surface area contributed by atoms with Crippen LogP contribution in [0.4, 0.5) is 15.8 Å². The van der Waals surface area contributed by atoms with Crippen molar-refractivity contribution in [2.75, 3.05) is 23.8 Å². The zero-order valence-corrected chi connectivity index (χ0v) is 8.59. The van der Waals surface area contributed by atoms with E-state index in [1.165, 1.54) is 11.0 Å². The van der Waals surface area contributed by atoms with Crippen LogP contribution in [0.15, 0.2) is 18.2 Å². The fourth-order valence-electron chi connectivity index (χ4n) is 1.72. The van der Waals surface area contributed by atoms with Gasteiger partial charge in [-0.05, 0) is 18.6 Å². The second kappa shape index (κ2) is 3.88. The van der Waals surface area contributed by atoms with Crippen LogP contribution in [0.5, 0.6) is 0 Å². The van der Waals surface area contributed by atoms with Crippen LogP contribution in [0.3, 0.4) is 0 Å². The Morgan fingerprint density at radius 2 is 2.27 bits per heavy atom. The number of anilines is 2. The Labute approximate surface area is 87.9 Å². The van der Waals surface area contributed by atoms with Gasteiger partial charge in [0.2, 0.25) is 5.91 Å². The molecule has 1 aromatic carbocycles. The van der Waals surface area contributed by atoms with Crippen LogP contribution in [-0.4, -0.2) is 19.5 Å². The van der Waals surface area contributed by atoms with Crippen LogP contribution < -0.4 is 10.2 Å². The second-order valence-electron chi connectivity index (χ2n) is 3.62. The van der Waals surface area contributed by atoms with E-state index in [2.05, 4.69) is 5.32 Å². The first kappa shape index (κ1) is 9.96. The van der Waals surface area contributed by atoms with Crippen molar-refractivity contribution in [3.8, 4) is 0 Å². The van der Waals surface area contributed by atoms with Crippen molar-refractivity contribution in [2.45, 2.75) is 12.8 Å². The molecule has 0 spiro atoms. The summed E-state index contributed by atoms with van der Waals surface area (Å²) >= 11 is 0. The molecule has 1 heterocycles. The summed E-state index contributed by atoms with van der Waals surface area (Å²) in [6, 6.07) is 4.75. The Morgan fingerprint density at radius 1 is 1.47 bits per heavy atom. The Morgan fingerprint density at radius 3 is 3.07 bits per heavy atom. The van der Waals surface area contributed by atoms with Gasteiger partial charge in [0.25, 0.3) is 0 Å². The SMILES string of the molecule is CN1C(=O)CCCNc2c(F)cccc21. The third-order valence-electron chi connectivity index (χ3n) is 2.60. The summed E-state index contributed by atoms with van der Waals surface area (Å²) in [6.07, 6.45) is 1.23. The summed E-state index contributed by atoms with van der Waals surface area (Å²) in [5.41, 5.74) is 1.03. The Balaban J connectivity index is 2.48. The quantitative estimate of drug-likeness (QED) is 0.707. The fraction of sp³-hybridized carbons (Fsp3) is 0.364. The molecule has 2 rings (SSSR count). The van der Waals surface area contributed by atoms with Gasteiger partial charge >= 0.3 is 0 Å². The van der Waals surface area contributed by atoms with Gasteiger partial charge in [0.1, 0.15) is 5.82 Å². The van der Waals surface area contributed by atoms with Crippen molar-refractivity contribution in [2.24, 2.45) is 0 Å². The van der Waals surface area contributed by atoms with Crippen LogP contribution in [-0.2, 0) is 4.79 Å². The molecule has 0 atom stereocenters. The Bertz CT molecular complexity index is 392. The lowest BCUT2D eigenvalue weighted by Gasteiger charge is -2.24. The third kappa shape index (κ3) is 1.79. The third-order valence-corrected chi connectivity index (χ3v) is 2.60. The molecule has 4 heteroatoms. The van der Waals surface area contributed by atoms with Crippen LogP contribution in [0.1, 0.15) is 12.8 Å². The van der Waals surface area contributed by atoms with Crippen LogP contribution in [0.25, 0.3) is 0 Å². The Kier molecular flexibility index (Phi) is 2.58.